The zero-order valence-corrected chi connectivity index (χ0v) is 9.74. The molecule has 0 saturated heterocycles. The molecule has 2 amide bonds. The second-order valence-electron chi connectivity index (χ2n) is 3.32. The van der Waals surface area contributed by atoms with Crippen molar-refractivity contribution in [3.05, 3.63) is 16.6 Å². The van der Waals surface area contributed by atoms with Crippen molar-refractivity contribution in [2.45, 2.75) is 0 Å². The maximum absolute atomic E-state index is 11.7. The quantitative estimate of drug-likeness (QED) is 0.746. The van der Waals surface area contributed by atoms with E-state index >= 15 is 0 Å². The van der Waals surface area contributed by atoms with Crippen molar-refractivity contribution in [2.75, 3.05) is 27.7 Å². The molecule has 0 radical (unpaired) electrons. The van der Waals surface area contributed by atoms with Crippen LogP contribution in [-0.4, -0.2) is 54.3 Å². The average molecular weight is 227 g/mol. The smallest absolute Gasteiger partial charge is 0.273 e. The highest BCUT2D eigenvalue weighted by Gasteiger charge is 2.16. The van der Waals surface area contributed by atoms with Crippen LogP contribution in [0, 0.1) is 0 Å². The first-order chi connectivity index (χ1) is 7.02. The Labute approximate surface area is 92.3 Å². The van der Waals surface area contributed by atoms with Crippen LogP contribution in [0.5, 0.6) is 0 Å². The SMILES string of the molecule is CN(C)C(=O)CN(C)C(=O)c1cscn1. The van der Waals surface area contributed by atoms with E-state index in [-0.39, 0.29) is 18.4 Å². The third-order valence-corrected chi connectivity index (χ3v) is 2.46. The molecule has 15 heavy (non-hydrogen) atoms. The molecule has 0 N–H and O–H groups in total. The molecule has 0 bridgehead atoms. The van der Waals surface area contributed by atoms with Gasteiger partial charge in [-0.1, -0.05) is 0 Å². The molecule has 0 aromatic carbocycles. The molecule has 1 heterocycles. The van der Waals surface area contributed by atoms with Crippen LogP contribution in [0.1, 0.15) is 10.5 Å². The fourth-order valence-corrected chi connectivity index (χ4v) is 1.46. The summed E-state index contributed by atoms with van der Waals surface area (Å²) >= 11 is 1.36. The van der Waals surface area contributed by atoms with Crippen molar-refractivity contribution in [3.63, 3.8) is 0 Å². The van der Waals surface area contributed by atoms with E-state index in [1.807, 2.05) is 0 Å². The van der Waals surface area contributed by atoms with E-state index in [1.165, 1.54) is 21.1 Å². The van der Waals surface area contributed by atoms with Gasteiger partial charge in [0.15, 0.2) is 0 Å². The zero-order valence-electron chi connectivity index (χ0n) is 8.93. The summed E-state index contributed by atoms with van der Waals surface area (Å²) in [7, 11) is 4.90. The van der Waals surface area contributed by atoms with Crippen molar-refractivity contribution in [2.24, 2.45) is 0 Å². The average Bonchev–Trinajstić information content (AvgIpc) is 2.68. The fraction of sp³-hybridized carbons (Fsp3) is 0.444. The van der Waals surface area contributed by atoms with Crippen LogP contribution in [0.3, 0.4) is 0 Å². The first-order valence-electron chi connectivity index (χ1n) is 4.36. The summed E-state index contributed by atoms with van der Waals surface area (Å²) in [4.78, 5) is 29.7. The minimum atomic E-state index is -0.230. The summed E-state index contributed by atoms with van der Waals surface area (Å²) in [6, 6.07) is 0. The largest absolute Gasteiger partial charge is 0.347 e. The summed E-state index contributed by atoms with van der Waals surface area (Å²) < 4.78 is 0. The molecular weight excluding hydrogens is 214 g/mol. The number of hydrogen-bond donors (Lipinski definition) is 0. The summed E-state index contributed by atoms with van der Waals surface area (Å²) in [5.74, 6) is -0.340. The molecule has 1 rings (SSSR count). The number of likely N-dealkylation sites (N-methyl/N-ethyl adjacent to an activating group) is 2. The maximum Gasteiger partial charge on any atom is 0.273 e. The molecule has 1 aromatic rings. The molecule has 82 valence electrons. The minimum absolute atomic E-state index is 0.0728. The Bertz CT molecular complexity index is 348. The van der Waals surface area contributed by atoms with Crippen molar-refractivity contribution in [1.82, 2.24) is 14.8 Å². The molecule has 1 aromatic heterocycles. The number of rotatable bonds is 3. The van der Waals surface area contributed by atoms with Crippen molar-refractivity contribution in [1.29, 1.82) is 0 Å². The Hall–Kier alpha value is -1.43. The van der Waals surface area contributed by atoms with Crippen LogP contribution in [0.25, 0.3) is 0 Å². The number of carbonyl (C=O) groups excluding carboxylic acids is 2. The van der Waals surface area contributed by atoms with Crippen LogP contribution in [-0.2, 0) is 4.79 Å². The third-order valence-electron chi connectivity index (χ3n) is 1.87. The molecule has 0 unspecified atom stereocenters. The number of amides is 2. The third kappa shape index (κ3) is 3.02. The van der Waals surface area contributed by atoms with Gasteiger partial charge in [0.05, 0.1) is 12.1 Å². The van der Waals surface area contributed by atoms with Gasteiger partial charge in [0.25, 0.3) is 5.91 Å². The highest BCUT2D eigenvalue weighted by atomic mass is 32.1. The lowest BCUT2D eigenvalue weighted by molar-refractivity contribution is -0.129. The van der Waals surface area contributed by atoms with Gasteiger partial charge in [-0.15, -0.1) is 11.3 Å². The van der Waals surface area contributed by atoms with E-state index in [1.54, 1.807) is 32.0 Å². The maximum atomic E-state index is 11.7. The van der Waals surface area contributed by atoms with E-state index in [0.29, 0.717) is 5.69 Å². The van der Waals surface area contributed by atoms with Crippen LogP contribution in [0.2, 0.25) is 0 Å². The van der Waals surface area contributed by atoms with Crippen molar-refractivity contribution >= 4 is 23.2 Å². The highest BCUT2D eigenvalue weighted by Crippen LogP contribution is 2.04. The van der Waals surface area contributed by atoms with E-state index in [4.69, 9.17) is 0 Å². The van der Waals surface area contributed by atoms with Gasteiger partial charge < -0.3 is 9.80 Å². The van der Waals surface area contributed by atoms with E-state index in [9.17, 15) is 9.59 Å². The second kappa shape index (κ2) is 4.88. The molecule has 0 aliphatic rings. The molecule has 6 heteroatoms. The van der Waals surface area contributed by atoms with E-state index < -0.39 is 0 Å². The monoisotopic (exact) mass is 227 g/mol. The standard InChI is InChI=1S/C9H13N3O2S/c1-11(2)8(13)4-12(3)9(14)7-5-15-6-10-7/h5-6H,4H2,1-3H3. The van der Waals surface area contributed by atoms with Crippen LogP contribution < -0.4 is 0 Å². The number of aromatic nitrogens is 1. The Balaban J connectivity index is 2.58. The molecule has 0 saturated carbocycles. The topological polar surface area (TPSA) is 53.5 Å². The van der Waals surface area contributed by atoms with Gasteiger partial charge in [-0.3, -0.25) is 9.59 Å². The molecule has 0 spiro atoms. The first-order valence-corrected chi connectivity index (χ1v) is 5.30. The number of thiazole rings is 1. The lowest BCUT2D eigenvalue weighted by atomic mass is 10.4. The van der Waals surface area contributed by atoms with Gasteiger partial charge in [-0.05, 0) is 0 Å². The second-order valence-corrected chi connectivity index (χ2v) is 4.04. The minimum Gasteiger partial charge on any atom is -0.347 e. The molecule has 0 aliphatic carbocycles. The van der Waals surface area contributed by atoms with Crippen molar-refractivity contribution in [3.8, 4) is 0 Å². The molecule has 0 atom stereocenters. The zero-order chi connectivity index (χ0) is 11.4. The van der Waals surface area contributed by atoms with Gasteiger partial charge in [-0.2, -0.15) is 0 Å². The molecule has 0 aliphatic heterocycles. The lowest BCUT2D eigenvalue weighted by Crippen LogP contribution is -2.37. The van der Waals surface area contributed by atoms with E-state index in [0.717, 1.165) is 0 Å². The number of nitrogens with zero attached hydrogens (tertiary/aromatic N) is 3. The molecular formula is C9H13N3O2S. The summed E-state index contributed by atoms with van der Waals surface area (Å²) in [6.07, 6.45) is 0. The van der Waals surface area contributed by atoms with Crippen molar-refractivity contribution < 1.29 is 9.59 Å². The first kappa shape index (κ1) is 11.6. The predicted octanol–water partition coefficient (Wildman–Crippen LogP) is 0.303. The van der Waals surface area contributed by atoms with Gasteiger partial charge in [0.1, 0.15) is 5.69 Å². The van der Waals surface area contributed by atoms with Gasteiger partial charge in [-0.25, -0.2) is 4.98 Å². The van der Waals surface area contributed by atoms with E-state index in [2.05, 4.69) is 4.98 Å². The normalized spacial score (nSPS) is 9.80. The van der Waals surface area contributed by atoms with Crippen LogP contribution >= 0.6 is 11.3 Å². The highest BCUT2D eigenvalue weighted by molar-refractivity contribution is 7.07. The van der Waals surface area contributed by atoms with Gasteiger partial charge in [0, 0.05) is 26.5 Å². The Kier molecular flexibility index (Phi) is 3.79. The fourth-order valence-electron chi connectivity index (χ4n) is 0.930. The van der Waals surface area contributed by atoms with Crippen LogP contribution in [0.4, 0.5) is 0 Å². The number of carbonyl (C=O) groups is 2. The molecule has 0 fully saturated rings. The lowest BCUT2D eigenvalue weighted by Gasteiger charge is -2.18. The predicted molar refractivity (Wildman–Crippen MR) is 57.8 cm³/mol. The summed E-state index contributed by atoms with van der Waals surface area (Å²) in [5, 5.41) is 1.67. The summed E-state index contributed by atoms with van der Waals surface area (Å²) in [6.45, 7) is 0.0728. The summed E-state index contributed by atoms with van der Waals surface area (Å²) in [5.41, 5.74) is 1.98. The number of hydrogen-bond acceptors (Lipinski definition) is 4. The van der Waals surface area contributed by atoms with Gasteiger partial charge >= 0.3 is 0 Å². The van der Waals surface area contributed by atoms with Gasteiger partial charge in [0.2, 0.25) is 5.91 Å². The molecule has 5 nitrogen and oxygen atoms in total. The Morgan fingerprint density at radius 1 is 1.40 bits per heavy atom. The Morgan fingerprint density at radius 2 is 2.07 bits per heavy atom. The van der Waals surface area contributed by atoms with Crippen LogP contribution in [0.15, 0.2) is 10.9 Å². The Morgan fingerprint density at radius 3 is 2.53 bits per heavy atom.